The number of nitrogens with zero attached hydrogens (tertiary/aromatic N) is 3. The molecule has 0 unspecified atom stereocenters. The largest absolute Gasteiger partial charge is 0.467 e. The third kappa shape index (κ3) is 4.63. The van der Waals surface area contributed by atoms with Gasteiger partial charge in [0.05, 0.1) is 18.2 Å². The second kappa shape index (κ2) is 8.47. The van der Waals surface area contributed by atoms with Gasteiger partial charge >= 0.3 is 6.01 Å². The van der Waals surface area contributed by atoms with Crippen LogP contribution in [0, 0.1) is 5.82 Å². The van der Waals surface area contributed by atoms with Gasteiger partial charge in [0.15, 0.2) is 11.0 Å². The average molecular weight is 390 g/mol. The number of hydrogen-bond donors (Lipinski definition) is 1. The standard InChI is InChI=1S/C18H19FN4O2S.CH4/c1-18(5-6-26-16(20)23-18)13-7-11(3-4-14(13)19)8-15(24)12-9-21-17(25-2)22-10-12;/h3-4,7,9-10H,5-6,8H2,1-2H3,(H2,20,23);1H4/t18-;/m0./s1. The Morgan fingerprint density at radius 1 is 1.37 bits per heavy atom. The highest BCUT2D eigenvalue weighted by molar-refractivity contribution is 8.13. The third-order valence-electron chi connectivity index (χ3n) is 4.30. The van der Waals surface area contributed by atoms with Gasteiger partial charge in [0.2, 0.25) is 0 Å². The molecule has 3 rings (SSSR count). The Balaban J connectivity index is 0.00000261. The van der Waals surface area contributed by atoms with Crippen LogP contribution in [0.25, 0.3) is 0 Å². The quantitative estimate of drug-likeness (QED) is 0.788. The van der Waals surface area contributed by atoms with Crippen LogP contribution in [0.4, 0.5) is 4.39 Å². The van der Waals surface area contributed by atoms with Gasteiger partial charge in [-0.25, -0.2) is 14.4 Å². The zero-order chi connectivity index (χ0) is 18.7. The van der Waals surface area contributed by atoms with E-state index in [2.05, 4.69) is 15.0 Å². The number of methoxy groups -OCH3 is 1. The number of hydrogen-bond acceptors (Lipinski definition) is 7. The highest BCUT2D eigenvalue weighted by atomic mass is 32.2. The maximum atomic E-state index is 14.4. The molecule has 2 heterocycles. The van der Waals surface area contributed by atoms with Crippen molar-refractivity contribution in [3.05, 3.63) is 53.1 Å². The Hall–Kier alpha value is -2.48. The van der Waals surface area contributed by atoms with E-state index in [9.17, 15) is 9.18 Å². The molecule has 1 atom stereocenters. The Morgan fingerprint density at radius 3 is 2.70 bits per heavy atom. The number of benzene rings is 1. The number of Topliss-reactive ketones (excluding diaryl/α,β-unsaturated/α-hetero) is 1. The first-order valence-electron chi connectivity index (χ1n) is 8.07. The van der Waals surface area contributed by atoms with Crippen molar-refractivity contribution in [2.75, 3.05) is 12.9 Å². The van der Waals surface area contributed by atoms with E-state index < -0.39 is 5.54 Å². The number of ether oxygens (including phenoxy) is 1. The number of thioether (sulfide) groups is 1. The first-order chi connectivity index (χ1) is 12.4. The predicted molar refractivity (Wildman–Crippen MR) is 106 cm³/mol. The van der Waals surface area contributed by atoms with Crippen molar-refractivity contribution in [1.29, 1.82) is 0 Å². The van der Waals surface area contributed by atoms with Gasteiger partial charge in [-0.2, -0.15) is 0 Å². The van der Waals surface area contributed by atoms with Gasteiger partial charge in [-0.05, 0) is 31.0 Å². The lowest BCUT2D eigenvalue weighted by molar-refractivity contribution is 0.0992. The van der Waals surface area contributed by atoms with E-state index in [1.165, 1.54) is 37.3 Å². The maximum absolute atomic E-state index is 14.4. The van der Waals surface area contributed by atoms with E-state index in [0.29, 0.717) is 28.3 Å². The SMILES string of the molecule is C.COc1ncc(C(=O)Cc2ccc(F)c([C@]3(C)CCSC(N)=N3)c2)cn1. The van der Waals surface area contributed by atoms with Crippen molar-refractivity contribution in [2.24, 2.45) is 10.7 Å². The van der Waals surface area contributed by atoms with Gasteiger partial charge in [0, 0.05) is 30.1 Å². The molecular formula is C19H23FN4O2S. The van der Waals surface area contributed by atoms with Crippen LogP contribution in [-0.4, -0.2) is 33.8 Å². The molecule has 0 amide bonds. The number of aliphatic imine (C=N–C) groups is 1. The minimum atomic E-state index is -0.721. The molecule has 27 heavy (non-hydrogen) atoms. The highest BCUT2D eigenvalue weighted by Gasteiger charge is 2.32. The van der Waals surface area contributed by atoms with Crippen molar-refractivity contribution >= 4 is 22.7 Å². The lowest BCUT2D eigenvalue weighted by Gasteiger charge is -2.30. The number of aromatic nitrogens is 2. The fourth-order valence-electron chi connectivity index (χ4n) is 2.83. The van der Waals surface area contributed by atoms with E-state index in [1.807, 2.05) is 6.92 Å². The summed E-state index contributed by atoms with van der Waals surface area (Å²) in [5.74, 6) is 0.273. The summed E-state index contributed by atoms with van der Waals surface area (Å²) in [6, 6.07) is 4.88. The minimum absolute atomic E-state index is 0. The maximum Gasteiger partial charge on any atom is 0.316 e. The molecular weight excluding hydrogens is 367 g/mol. The molecule has 2 aromatic rings. The summed E-state index contributed by atoms with van der Waals surface area (Å²) in [6.45, 7) is 1.86. The van der Waals surface area contributed by atoms with Crippen LogP contribution in [0.1, 0.15) is 42.3 Å². The molecule has 0 radical (unpaired) electrons. The number of rotatable bonds is 5. The van der Waals surface area contributed by atoms with E-state index in [0.717, 1.165) is 5.75 Å². The molecule has 0 bridgehead atoms. The first-order valence-corrected chi connectivity index (χ1v) is 9.06. The fraction of sp³-hybridized carbons (Fsp3) is 0.368. The van der Waals surface area contributed by atoms with Crippen LogP contribution >= 0.6 is 11.8 Å². The molecule has 2 N–H and O–H groups in total. The monoisotopic (exact) mass is 390 g/mol. The molecule has 1 aliphatic heterocycles. The second-order valence-electron chi connectivity index (χ2n) is 6.19. The lowest BCUT2D eigenvalue weighted by Crippen LogP contribution is -2.29. The molecule has 0 aliphatic carbocycles. The number of carbonyl (C=O) groups excluding carboxylic acids is 1. The third-order valence-corrected chi connectivity index (χ3v) is 5.10. The summed E-state index contributed by atoms with van der Waals surface area (Å²) in [4.78, 5) is 24.8. The Kier molecular flexibility index (Phi) is 6.54. The average Bonchev–Trinajstić information content (AvgIpc) is 2.63. The molecule has 6 nitrogen and oxygen atoms in total. The molecule has 1 aromatic carbocycles. The van der Waals surface area contributed by atoms with Crippen molar-refractivity contribution in [3.63, 3.8) is 0 Å². The van der Waals surface area contributed by atoms with Gasteiger partial charge in [-0.3, -0.25) is 9.79 Å². The van der Waals surface area contributed by atoms with Crippen LogP contribution in [-0.2, 0) is 12.0 Å². The summed E-state index contributed by atoms with van der Waals surface area (Å²) in [5.41, 5.74) is 6.64. The van der Waals surface area contributed by atoms with Gasteiger partial charge in [-0.1, -0.05) is 25.3 Å². The minimum Gasteiger partial charge on any atom is -0.467 e. The molecule has 0 saturated carbocycles. The summed E-state index contributed by atoms with van der Waals surface area (Å²) < 4.78 is 19.3. The second-order valence-corrected chi connectivity index (χ2v) is 7.31. The zero-order valence-electron chi connectivity index (χ0n) is 14.5. The van der Waals surface area contributed by atoms with E-state index in [-0.39, 0.29) is 31.5 Å². The number of nitrogens with two attached hydrogens (primary N) is 1. The van der Waals surface area contributed by atoms with Crippen LogP contribution in [0.2, 0.25) is 0 Å². The van der Waals surface area contributed by atoms with E-state index in [1.54, 1.807) is 12.1 Å². The van der Waals surface area contributed by atoms with E-state index >= 15 is 0 Å². The number of ketones is 1. The first kappa shape index (κ1) is 20.8. The van der Waals surface area contributed by atoms with Crippen LogP contribution in [0.3, 0.4) is 0 Å². The lowest BCUT2D eigenvalue weighted by atomic mass is 9.87. The molecule has 144 valence electrons. The van der Waals surface area contributed by atoms with Gasteiger partial charge in [-0.15, -0.1) is 0 Å². The molecule has 0 fully saturated rings. The van der Waals surface area contributed by atoms with Gasteiger partial charge < -0.3 is 10.5 Å². The predicted octanol–water partition coefficient (Wildman–Crippen LogP) is 3.35. The summed E-state index contributed by atoms with van der Waals surface area (Å²) in [7, 11) is 1.45. The molecule has 1 aromatic heterocycles. The van der Waals surface area contributed by atoms with E-state index in [4.69, 9.17) is 10.5 Å². The van der Waals surface area contributed by atoms with Crippen molar-refractivity contribution in [2.45, 2.75) is 32.7 Å². The van der Waals surface area contributed by atoms with Crippen LogP contribution < -0.4 is 10.5 Å². The van der Waals surface area contributed by atoms with Crippen LogP contribution in [0.15, 0.2) is 35.6 Å². The van der Waals surface area contributed by atoms with Crippen LogP contribution in [0.5, 0.6) is 6.01 Å². The fourth-order valence-corrected chi connectivity index (χ4v) is 3.80. The zero-order valence-corrected chi connectivity index (χ0v) is 15.3. The van der Waals surface area contributed by atoms with Gasteiger partial charge in [0.25, 0.3) is 0 Å². The Morgan fingerprint density at radius 2 is 2.07 bits per heavy atom. The Bertz CT molecular complexity index is 857. The number of amidine groups is 1. The number of halogens is 1. The summed E-state index contributed by atoms with van der Waals surface area (Å²) in [5, 5.41) is 0.454. The smallest absolute Gasteiger partial charge is 0.316 e. The molecule has 8 heteroatoms. The van der Waals surface area contributed by atoms with Crippen molar-refractivity contribution in [3.8, 4) is 6.01 Å². The summed E-state index contributed by atoms with van der Waals surface area (Å²) in [6.07, 6.45) is 3.64. The summed E-state index contributed by atoms with van der Waals surface area (Å²) >= 11 is 1.46. The normalized spacial score (nSPS) is 19.0. The van der Waals surface area contributed by atoms with Crippen molar-refractivity contribution < 1.29 is 13.9 Å². The topological polar surface area (TPSA) is 90.5 Å². The van der Waals surface area contributed by atoms with Crippen molar-refractivity contribution in [1.82, 2.24) is 9.97 Å². The highest BCUT2D eigenvalue weighted by Crippen LogP contribution is 2.36. The van der Waals surface area contributed by atoms with Gasteiger partial charge in [0.1, 0.15) is 5.82 Å². The number of carbonyl (C=O) groups is 1. The Labute approximate surface area is 162 Å². The molecule has 0 saturated heterocycles. The molecule has 1 aliphatic rings. The molecule has 0 spiro atoms.